The third-order valence-corrected chi connectivity index (χ3v) is 3.15. The zero-order chi connectivity index (χ0) is 11.1. The van der Waals surface area contributed by atoms with Crippen LogP contribution in [0.25, 0.3) is 0 Å². The van der Waals surface area contributed by atoms with Crippen LogP contribution >= 0.6 is 0 Å². The lowest BCUT2D eigenvalue weighted by molar-refractivity contribution is 0.320. The number of hydrogen-bond donors (Lipinski definition) is 1. The van der Waals surface area contributed by atoms with Crippen LogP contribution in [-0.4, -0.2) is 34.0 Å². The first kappa shape index (κ1) is 12.2. The molecule has 0 radical (unpaired) electrons. The van der Waals surface area contributed by atoms with Crippen LogP contribution < -0.4 is 4.74 Å². The van der Waals surface area contributed by atoms with Gasteiger partial charge >= 0.3 is 0 Å². The van der Waals surface area contributed by atoms with Crippen LogP contribution in [0.4, 0.5) is 0 Å². The number of benzene rings is 1. The Hall–Kier alpha value is -0.870. The van der Waals surface area contributed by atoms with Gasteiger partial charge in [-0.15, -0.1) is 0 Å². The Morgan fingerprint density at radius 1 is 1.40 bits per heavy atom. The normalized spacial score (nSPS) is 12.4. The minimum absolute atomic E-state index is 0.0307. The molecule has 0 bridgehead atoms. The third kappa shape index (κ3) is 4.95. The van der Waals surface area contributed by atoms with E-state index in [1.165, 1.54) is 0 Å². The van der Waals surface area contributed by atoms with Crippen molar-refractivity contribution in [2.24, 2.45) is 0 Å². The van der Waals surface area contributed by atoms with Crippen molar-refractivity contribution in [1.82, 2.24) is 0 Å². The first-order chi connectivity index (χ1) is 7.22. The summed E-state index contributed by atoms with van der Waals surface area (Å²) < 4.78 is 16.6. The Balaban J connectivity index is 2.28. The molecule has 4 heteroatoms. The molecule has 0 saturated carbocycles. The lowest BCUT2D eigenvalue weighted by atomic mass is 10.2. The number of aliphatic hydroxyl groups is 1. The Kier molecular flexibility index (Phi) is 5.36. The topological polar surface area (TPSA) is 46.5 Å². The van der Waals surface area contributed by atoms with E-state index in [-0.39, 0.29) is 6.61 Å². The maximum atomic E-state index is 11.2. The van der Waals surface area contributed by atoms with E-state index in [0.29, 0.717) is 18.1 Å². The smallest absolute Gasteiger partial charge is 0.119 e. The van der Waals surface area contributed by atoms with E-state index < -0.39 is 10.8 Å². The highest BCUT2D eigenvalue weighted by molar-refractivity contribution is 7.85. The Labute approximate surface area is 92.5 Å². The van der Waals surface area contributed by atoms with Gasteiger partial charge in [-0.05, 0) is 24.6 Å². The van der Waals surface area contributed by atoms with Crippen molar-refractivity contribution in [1.29, 1.82) is 0 Å². The Morgan fingerprint density at radius 3 is 2.87 bits per heavy atom. The highest BCUT2D eigenvalue weighted by Gasteiger charge is 1.99. The van der Waals surface area contributed by atoms with E-state index in [0.717, 1.165) is 11.3 Å². The zero-order valence-corrected chi connectivity index (χ0v) is 9.63. The Bertz CT molecular complexity index is 325. The summed E-state index contributed by atoms with van der Waals surface area (Å²) in [5.41, 5.74) is 1.14. The summed E-state index contributed by atoms with van der Waals surface area (Å²) in [6, 6.07) is 7.74. The van der Waals surface area contributed by atoms with Gasteiger partial charge in [0.25, 0.3) is 0 Å². The molecule has 1 aromatic carbocycles. The number of aryl methyl sites for hydroxylation is 1. The molecule has 1 atom stereocenters. The molecule has 0 heterocycles. The van der Waals surface area contributed by atoms with Crippen molar-refractivity contribution in [2.45, 2.75) is 6.92 Å². The molecule has 0 aliphatic rings. The SMILES string of the molecule is Cc1cccc(OCCS(=O)CCO)c1. The van der Waals surface area contributed by atoms with Crippen molar-refractivity contribution in [2.75, 3.05) is 24.7 Å². The van der Waals surface area contributed by atoms with Crippen molar-refractivity contribution >= 4 is 10.8 Å². The van der Waals surface area contributed by atoms with Crippen LogP contribution in [0.3, 0.4) is 0 Å². The predicted octanol–water partition coefficient (Wildman–Crippen LogP) is 1.11. The summed E-state index contributed by atoms with van der Waals surface area (Å²) in [6.07, 6.45) is 0. The summed E-state index contributed by atoms with van der Waals surface area (Å²) in [7, 11) is -0.974. The van der Waals surface area contributed by atoms with Gasteiger partial charge in [0.1, 0.15) is 5.75 Å². The van der Waals surface area contributed by atoms with Gasteiger partial charge < -0.3 is 9.84 Å². The maximum absolute atomic E-state index is 11.2. The average molecular weight is 228 g/mol. The maximum Gasteiger partial charge on any atom is 0.119 e. The van der Waals surface area contributed by atoms with Crippen LogP contribution in [-0.2, 0) is 10.8 Å². The van der Waals surface area contributed by atoms with Crippen LogP contribution in [0, 0.1) is 6.92 Å². The first-order valence-corrected chi connectivity index (χ1v) is 6.36. The van der Waals surface area contributed by atoms with Gasteiger partial charge in [-0.1, -0.05) is 12.1 Å². The molecule has 0 saturated heterocycles. The highest BCUT2D eigenvalue weighted by atomic mass is 32.2. The summed E-state index contributed by atoms with van der Waals surface area (Å²) in [4.78, 5) is 0. The molecule has 0 aromatic heterocycles. The first-order valence-electron chi connectivity index (χ1n) is 4.87. The molecular weight excluding hydrogens is 212 g/mol. The van der Waals surface area contributed by atoms with Crippen LogP contribution in [0.2, 0.25) is 0 Å². The molecule has 0 amide bonds. The quantitative estimate of drug-likeness (QED) is 0.793. The van der Waals surface area contributed by atoms with Crippen molar-refractivity contribution in [3.8, 4) is 5.75 Å². The molecule has 84 valence electrons. The molecule has 1 rings (SSSR count). The summed E-state index contributed by atoms with van der Waals surface area (Å²) in [5, 5.41) is 8.56. The molecule has 1 aromatic rings. The average Bonchev–Trinajstić information content (AvgIpc) is 2.18. The molecular formula is C11H16O3S. The second kappa shape index (κ2) is 6.58. The lowest BCUT2D eigenvalue weighted by Gasteiger charge is -2.06. The monoisotopic (exact) mass is 228 g/mol. The highest BCUT2D eigenvalue weighted by Crippen LogP contribution is 2.11. The zero-order valence-electron chi connectivity index (χ0n) is 8.81. The largest absolute Gasteiger partial charge is 0.493 e. The van der Waals surface area contributed by atoms with Gasteiger partial charge in [0.05, 0.1) is 19.0 Å². The molecule has 1 unspecified atom stereocenters. The van der Waals surface area contributed by atoms with Crippen LogP contribution in [0.5, 0.6) is 5.75 Å². The predicted molar refractivity (Wildman–Crippen MR) is 61.6 cm³/mol. The van der Waals surface area contributed by atoms with E-state index in [1.807, 2.05) is 31.2 Å². The van der Waals surface area contributed by atoms with Gasteiger partial charge in [-0.2, -0.15) is 0 Å². The minimum Gasteiger partial charge on any atom is -0.493 e. The van der Waals surface area contributed by atoms with Crippen molar-refractivity contribution in [3.63, 3.8) is 0 Å². The molecule has 15 heavy (non-hydrogen) atoms. The number of aliphatic hydroxyl groups excluding tert-OH is 1. The second-order valence-electron chi connectivity index (χ2n) is 3.24. The molecule has 0 aliphatic carbocycles. The van der Waals surface area contributed by atoms with E-state index in [9.17, 15) is 4.21 Å². The lowest BCUT2D eigenvalue weighted by Crippen LogP contribution is -2.12. The molecule has 0 spiro atoms. The molecule has 3 nitrogen and oxygen atoms in total. The van der Waals surface area contributed by atoms with E-state index in [4.69, 9.17) is 9.84 Å². The minimum atomic E-state index is -0.974. The van der Waals surface area contributed by atoms with E-state index in [2.05, 4.69) is 0 Å². The fourth-order valence-electron chi connectivity index (χ4n) is 1.16. The van der Waals surface area contributed by atoms with Gasteiger partial charge in [-0.3, -0.25) is 4.21 Å². The molecule has 1 N–H and O–H groups in total. The fraction of sp³-hybridized carbons (Fsp3) is 0.455. The Morgan fingerprint density at radius 2 is 2.20 bits per heavy atom. The van der Waals surface area contributed by atoms with Gasteiger partial charge in [0.2, 0.25) is 0 Å². The third-order valence-electron chi connectivity index (χ3n) is 1.89. The number of hydrogen-bond acceptors (Lipinski definition) is 3. The fourth-order valence-corrected chi connectivity index (χ4v) is 1.84. The second-order valence-corrected chi connectivity index (χ2v) is 4.93. The van der Waals surface area contributed by atoms with Crippen LogP contribution in [0.1, 0.15) is 5.56 Å². The number of ether oxygens (including phenoxy) is 1. The molecule has 0 fully saturated rings. The molecule has 0 aliphatic heterocycles. The van der Waals surface area contributed by atoms with E-state index in [1.54, 1.807) is 0 Å². The van der Waals surface area contributed by atoms with Gasteiger partial charge in [-0.25, -0.2) is 0 Å². The summed E-state index contributed by atoms with van der Waals surface area (Å²) >= 11 is 0. The van der Waals surface area contributed by atoms with Crippen molar-refractivity contribution in [3.05, 3.63) is 29.8 Å². The van der Waals surface area contributed by atoms with E-state index >= 15 is 0 Å². The summed E-state index contributed by atoms with van der Waals surface area (Å²) in [6.45, 7) is 2.39. The van der Waals surface area contributed by atoms with Gasteiger partial charge in [0, 0.05) is 16.6 Å². The summed E-state index contributed by atoms with van der Waals surface area (Å²) in [5.74, 6) is 1.60. The van der Waals surface area contributed by atoms with Crippen molar-refractivity contribution < 1.29 is 14.1 Å². The standard InChI is InChI=1S/C11H16O3S/c1-10-3-2-4-11(9-10)14-6-8-15(13)7-5-12/h2-4,9,12H,5-8H2,1H3. The van der Waals surface area contributed by atoms with Crippen LogP contribution in [0.15, 0.2) is 24.3 Å². The number of rotatable bonds is 6. The van der Waals surface area contributed by atoms with Gasteiger partial charge in [0.15, 0.2) is 0 Å².